The molecule has 214 valence electrons. The molecule has 0 N–H and O–H groups in total. The highest BCUT2D eigenvalue weighted by Gasteiger charge is 2.37. The largest absolute Gasteiger partial charge is 0.497 e. The van der Waals surface area contributed by atoms with Gasteiger partial charge in [0.25, 0.3) is 5.91 Å². The Morgan fingerprint density at radius 1 is 1.00 bits per heavy atom. The Balaban J connectivity index is 1.40. The zero-order valence-corrected chi connectivity index (χ0v) is 23.6. The SMILES string of the molecule is COc1ccc(C2=NN(C(=O)CN(CCN3CCOCC3)C(=O)C3CCCC3)C(c3ccccc3OC)C2)cc1. The Morgan fingerprint density at radius 2 is 1.73 bits per heavy atom. The predicted octanol–water partition coefficient (Wildman–Crippen LogP) is 3.73. The zero-order chi connectivity index (χ0) is 27.9. The van der Waals surface area contributed by atoms with Crippen molar-refractivity contribution in [1.29, 1.82) is 0 Å². The van der Waals surface area contributed by atoms with E-state index in [-0.39, 0.29) is 30.3 Å². The molecule has 40 heavy (non-hydrogen) atoms. The lowest BCUT2D eigenvalue weighted by Crippen LogP contribution is -2.48. The van der Waals surface area contributed by atoms with Crippen LogP contribution in [0.15, 0.2) is 53.6 Å². The van der Waals surface area contributed by atoms with Gasteiger partial charge in [-0.25, -0.2) is 5.01 Å². The van der Waals surface area contributed by atoms with E-state index in [9.17, 15) is 9.59 Å². The molecule has 1 aliphatic carbocycles. The normalized spacial score (nSPS) is 19.9. The Morgan fingerprint density at radius 3 is 2.42 bits per heavy atom. The van der Waals surface area contributed by atoms with E-state index in [1.807, 2.05) is 48.5 Å². The maximum Gasteiger partial charge on any atom is 0.262 e. The minimum Gasteiger partial charge on any atom is -0.497 e. The summed E-state index contributed by atoms with van der Waals surface area (Å²) >= 11 is 0. The third kappa shape index (κ3) is 6.47. The monoisotopic (exact) mass is 548 g/mol. The van der Waals surface area contributed by atoms with Crippen LogP contribution in [0.25, 0.3) is 0 Å². The molecule has 1 saturated heterocycles. The van der Waals surface area contributed by atoms with E-state index < -0.39 is 0 Å². The first-order valence-corrected chi connectivity index (χ1v) is 14.3. The van der Waals surface area contributed by atoms with Crippen LogP contribution in [0.2, 0.25) is 0 Å². The number of carbonyl (C=O) groups excluding carboxylic acids is 2. The quantitative estimate of drug-likeness (QED) is 0.450. The van der Waals surface area contributed by atoms with E-state index in [0.29, 0.717) is 31.9 Å². The molecule has 2 heterocycles. The minimum absolute atomic E-state index is 0.000516. The second kappa shape index (κ2) is 13.3. The highest BCUT2D eigenvalue weighted by atomic mass is 16.5. The second-order valence-electron chi connectivity index (χ2n) is 10.7. The van der Waals surface area contributed by atoms with Crippen LogP contribution in [0.4, 0.5) is 0 Å². The number of morpholine rings is 1. The standard InChI is InChI=1S/C31H40N4O5/c1-38-25-13-11-23(12-14-25)27-21-28(26-9-5-6-10-29(26)39-2)35(32-27)30(36)22-34(31(37)24-7-3-4-8-24)16-15-33-17-19-40-20-18-33/h5-6,9-14,24,28H,3-4,7-8,15-22H2,1-2H3. The number of nitrogens with zero attached hydrogens (tertiary/aromatic N) is 4. The number of hydrazone groups is 1. The van der Waals surface area contributed by atoms with Gasteiger partial charge in [0.05, 0.1) is 39.2 Å². The molecule has 1 atom stereocenters. The number of carbonyl (C=O) groups is 2. The third-order valence-electron chi connectivity index (χ3n) is 8.22. The number of para-hydroxylation sites is 1. The molecule has 2 fully saturated rings. The van der Waals surface area contributed by atoms with Gasteiger partial charge in [-0.1, -0.05) is 31.0 Å². The molecule has 5 rings (SSSR count). The molecule has 1 saturated carbocycles. The summed E-state index contributed by atoms with van der Waals surface area (Å²) in [5.74, 6) is 1.37. The molecule has 2 amide bonds. The Labute approximate surface area is 236 Å². The average Bonchev–Trinajstić information content (AvgIpc) is 3.71. The zero-order valence-electron chi connectivity index (χ0n) is 23.6. The first kappa shape index (κ1) is 28.1. The van der Waals surface area contributed by atoms with Crippen molar-refractivity contribution in [3.63, 3.8) is 0 Å². The van der Waals surface area contributed by atoms with E-state index in [4.69, 9.17) is 19.3 Å². The van der Waals surface area contributed by atoms with Gasteiger partial charge >= 0.3 is 0 Å². The topological polar surface area (TPSA) is 83.9 Å². The molecule has 9 heteroatoms. The van der Waals surface area contributed by atoms with Gasteiger partial charge in [-0.15, -0.1) is 0 Å². The molecule has 2 aromatic carbocycles. The van der Waals surface area contributed by atoms with Crippen LogP contribution < -0.4 is 9.47 Å². The van der Waals surface area contributed by atoms with Gasteiger partial charge in [0.2, 0.25) is 5.91 Å². The van der Waals surface area contributed by atoms with E-state index in [0.717, 1.165) is 67.9 Å². The number of hydrogen-bond acceptors (Lipinski definition) is 7. The van der Waals surface area contributed by atoms with Gasteiger partial charge in [-0.05, 0) is 48.7 Å². The van der Waals surface area contributed by atoms with Crippen molar-refractivity contribution >= 4 is 17.5 Å². The lowest BCUT2D eigenvalue weighted by Gasteiger charge is -2.32. The van der Waals surface area contributed by atoms with E-state index in [1.54, 1.807) is 24.1 Å². The van der Waals surface area contributed by atoms with Crippen LogP contribution in [0.1, 0.15) is 49.3 Å². The van der Waals surface area contributed by atoms with Crippen LogP contribution in [0.5, 0.6) is 11.5 Å². The van der Waals surface area contributed by atoms with Gasteiger partial charge in [0.15, 0.2) is 0 Å². The van der Waals surface area contributed by atoms with Crippen molar-refractivity contribution < 1.29 is 23.8 Å². The molecule has 2 aliphatic heterocycles. The number of rotatable bonds is 10. The minimum atomic E-state index is -0.330. The van der Waals surface area contributed by atoms with Crippen molar-refractivity contribution in [2.75, 3.05) is 60.2 Å². The number of hydrogen-bond donors (Lipinski definition) is 0. The number of benzene rings is 2. The number of methoxy groups -OCH3 is 2. The summed E-state index contributed by atoms with van der Waals surface area (Å²) < 4.78 is 16.5. The van der Waals surface area contributed by atoms with Crippen LogP contribution in [0, 0.1) is 5.92 Å². The Bertz CT molecular complexity index is 1190. The molecule has 3 aliphatic rings. The Hall–Kier alpha value is -3.43. The summed E-state index contributed by atoms with van der Waals surface area (Å²) in [7, 11) is 3.27. The lowest BCUT2D eigenvalue weighted by molar-refractivity contribution is -0.144. The number of amides is 2. The van der Waals surface area contributed by atoms with E-state index >= 15 is 0 Å². The lowest BCUT2D eigenvalue weighted by atomic mass is 9.97. The summed E-state index contributed by atoms with van der Waals surface area (Å²) in [6.45, 7) is 4.34. The van der Waals surface area contributed by atoms with E-state index in [2.05, 4.69) is 4.90 Å². The highest BCUT2D eigenvalue weighted by molar-refractivity contribution is 6.03. The van der Waals surface area contributed by atoms with Crippen molar-refractivity contribution in [2.24, 2.45) is 11.0 Å². The van der Waals surface area contributed by atoms with Gasteiger partial charge in [0, 0.05) is 44.1 Å². The first-order valence-electron chi connectivity index (χ1n) is 14.3. The highest BCUT2D eigenvalue weighted by Crippen LogP contribution is 2.38. The smallest absolute Gasteiger partial charge is 0.262 e. The molecule has 0 bridgehead atoms. The molecule has 1 unspecified atom stereocenters. The fourth-order valence-corrected chi connectivity index (χ4v) is 5.90. The van der Waals surface area contributed by atoms with Crippen molar-refractivity contribution in [1.82, 2.24) is 14.8 Å². The van der Waals surface area contributed by atoms with Crippen LogP contribution >= 0.6 is 0 Å². The molecule has 0 spiro atoms. The van der Waals surface area contributed by atoms with Gasteiger partial charge < -0.3 is 19.1 Å². The fraction of sp³-hybridized carbons (Fsp3) is 0.516. The number of ether oxygens (including phenoxy) is 3. The predicted molar refractivity (Wildman–Crippen MR) is 153 cm³/mol. The summed E-state index contributed by atoms with van der Waals surface area (Å²) in [6, 6.07) is 15.1. The average molecular weight is 549 g/mol. The Kier molecular flexibility index (Phi) is 9.34. The maximum atomic E-state index is 14.0. The molecule has 9 nitrogen and oxygen atoms in total. The van der Waals surface area contributed by atoms with Gasteiger partial charge in [-0.3, -0.25) is 14.5 Å². The van der Waals surface area contributed by atoms with Crippen LogP contribution in [-0.4, -0.2) is 92.5 Å². The van der Waals surface area contributed by atoms with Crippen molar-refractivity contribution in [3.8, 4) is 11.5 Å². The van der Waals surface area contributed by atoms with Gasteiger partial charge in [-0.2, -0.15) is 5.10 Å². The molecule has 0 aromatic heterocycles. The van der Waals surface area contributed by atoms with E-state index in [1.165, 1.54) is 0 Å². The van der Waals surface area contributed by atoms with Crippen LogP contribution in [0.3, 0.4) is 0 Å². The maximum absolute atomic E-state index is 14.0. The second-order valence-corrected chi connectivity index (χ2v) is 10.7. The van der Waals surface area contributed by atoms with Crippen LogP contribution in [-0.2, 0) is 14.3 Å². The summed E-state index contributed by atoms with van der Waals surface area (Å²) in [5.41, 5.74) is 2.64. The molecular formula is C31H40N4O5. The summed E-state index contributed by atoms with van der Waals surface area (Å²) in [4.78, 5) is 31.7. The molecule has 0 radical (unpaired) electrons. The fourth-order valence-electron chi connectivity index (χ4n) is 5.90. The van der Waals surface area contributed by atoms with Gasteiger partial charge in [0.1, 0.15) is 18.0 Å². The van der Waals surface area contributed by atoms with Crippen molar-refractivity contribution in [2.45, 2.75) is 38.1 Å². The van der Waals surface area contributed by atoms with Crippen molar-refractivity contribution in [3.05, 3.63) is 59.7 Å². The third-order valence-corrected chi connectivity index (χ3v) is 8.22. The molecular weight excluding hydrogens is 508 g/mol. The molecule has 2 aromatic rings. The summed E-state index contributed by atoms with van der Waals surface area (Å²) in [6.07, 6.45) is 4.48. The first-order chi connectivity index (χ1) is 19.6. The summed E-state index contributed by atoms with van der Waals surface area (Å²) in [5, 5.41) is 6.42.